The number of rotatable bonds is 1. The zero-order chi connectivity index (χ0) is 15.1. The fraction of sp³-hybridized carbons (Fsp3) is 0.714. The summed E-state index contributed by atoms with van der Waals surface area (Å²) >= 11 is 7.21. The molecule has 0 aromatic rings. The molecule has 0 amide bonds. The number of unbranched alkanes of at least 4 members (excludes halogenated alkanes) is 1. The molecular weight excluding hydrogens is 372 g/mol. The topological polar surface area (TPSA) is 121 Å². The predicted molar refractivity (Wildman–Crippen MR) is 78.3 cm³/mol. The van der Waals surface area contributed by atoms with Crippen molar-refractivity contribution in [2.45, 2.75) is 33.6 Å². The molecule has 0 aromatic heterocycles. The monoisotopic (exact) mass is 392 g/mol. The summed E-state index contributed by atoms with van der Waals surface area (Å²) in [4.78, 5) is 45.3. The maximum absolute atomic E-state index is 7.56. The molecule has 0 fully saturated rings. The molecule has 0 aromatic carbocycles. The Morgan fingerprint density at radius 1 is 0.889 bits per heavy atom. The standard InChI is InChI=1S/C4H10.C3H6.2H3O3PS.Zn/c1-3-4-2;1-3-2;2*1-4(2,3)5;/h3-4H2,1-2H3;3H,1H2,2H3;2*(H3,1,2,3,5);. The van der Waals surface area contributed by atoms with Crippen LogP contribution in [-0.2, 0) is 43.1 Å². The number of hydrogen-bond donors (Lipinski definition) is 6. The van der Waals surface area contributed by atoms with Crippen molar-refractivity contribution in [1.29, 1.82) is 0 Å². The molecule has 0 rings (SSSR count). The van der Waals surface area contributed by atoms with Crippen molar-refractivity contribution in [1.82, 2.24) is 0 Å². The first kappa shape index (κ1) is 31.7. The van der Waals surface area contributed by atoms with Gasteiger partial charge in [0.2, 0.25) is 0 Å². The third kappa shape index (κ3) is 800. The zero-order valence-corrected chi connectivity index (χ0v) is 17.2. The summed E-state index contributed by atoms with van der Waals surface area (Å²) in [5, 5.41) is 0. The number of hydrogen-bond acceptors (Lipinski definition) is 2. The van der Waals surface area contributed by atoms with E-state index < -0.39 is 13.4 Å². The van der Waals surface area contributed by atoms with E-state index in [9.17, 15) is 0 Å². The molecule has 0 aliphatic heterocycles. The molecule has 0 saturated carbocycles. The molecule has 110 valence electrons. The summed E-state index contributed by atoms with van der Waals surface area (Å²) in [6, 6.07) is 0. The van der Waals surface area contributed by atoms with Crippen LogP contribution in [0.4, 0.5) is 0 Å². The Morgan fingerprint density at radius 2 is 0.944 bits per heavy atom. The summed E-state index contributed by atoms with van der Waals surface area (Å²) in [7, 11) is 0. The summed E-state index contributed by atoms with van der Waals surface area (Å²) in [6.45, 7) is 2.00. The minimum absolute atomic E-state index is 0. The third-order valence-electron chi connectivity index (χ3n) is 0.500. The smallest absolute Gasteiger partial charge is 0.319 e. The molecule has 6 N–H and O–H groups in total. The van der Waals surface area contributed by atoms with Crippen LogP contribution in [0.2, 0.25) is 0 Å². The van der Waals surface area contributed by atoms with Gasteiger partial charge < -0.3 is 29.4 Å². The average molecular weight is 394 g/mol. The van der Waals surface area contributed by atoms with Gasteiger partial charge in [0.1, 0.15) is 0 Å². The molecule has 0 atom stereocenters. The summed E-state index contributed by atoms with van der Waals surface area (Å²) in [5.41, 5.74) is 0. The molecule has 6 nitrogen and oxygen atoms in total. The van der Waals surface area contributed by atoms with Crippen molar-refractivity contribution in [2.24, 2.45) is 0 Å². The van der Waals surface area contributed by atoms with E-state index in [0.29, 0.717) is 0 Å². The van der Waals surface area contributed by atoms with E-state index in [2.05, 4.69) is 44.0 Å². The zero-order valence-electron chi connectivity index (χ0n) is 10.8. The van der Waals surface area contributed by atoms with Gasteiger partial charge in [0.25, 0.3) is 0 Å². The Bertz CT molecular complexity index is 204. The third-order valence-corrected chi connectivity index (χ3v) is 0.500. The van der Waals surface area contributed by atoms with E-state index >= 15 is 0 Å². The largest absolute Gasteiger partial charge is 0.325 e. The molecule has 18 heavy (non-hydrogen) atoms. The van der Waals surface area contributed by atoms with Crippen LogP contribution in [0.25, 0.3) is 0 Å². The van der Waals surface area contributed by atoms with E-state index in [1.165, 1.54) is 12.8 Å². The Labute approximate surface area is 132 Å². The van der Waals surface area contributed by atoms with Gasteiger partial charge in [-0.05, 0) is 30.5 Å². The molecule has 0 aliphatic carbocycles. The van der Waals surface area contributed by atoms with Crippen LogP contribution in [0.15, 0.2) is 12.7 Å². The molecular formula is C7H22O6P2S2Zn. The SMILES string of the molecule is C=CC.CCCC.OP(O)(O)=S.OP(O)(O)=S.[Zn]. The van der Waals surface area contributed by atoms with Crippen LogP contribution in [0.3, 0.4) is 0 Å². The molecule has 0 radical (unpaired) electrons. The quantitative estimate of drug-likeness (QED) is 0.224. The molecule has 0 heterocycles. The second kappa shape index (κ2) is 20.7. The summed E-state index contributed by atoms with van der Waals surface area (Å²) in [6.07, 6.45) is 4.39. The summed E-state index contributed by atoms with van der Waals surface area (Å²) < 4.78 is 0. The minimum Gasteiger partial charge on any atom is -0.325 e. The van der Waals surface area contributed by atoms with Crippen molar-refractivity contribution < 1.29 is 48.8 Å². The molecule has 0 spiro atoms. The van der Waals surface area contributed by atoms with Crippen molar-refractivity contribution in [3.05, 3.63) is 12.7 Å². The van der Waals surface area contributed by atoms with Gasteiger partial charge in [-0.1, -0.05) is 32.8 Å². The van der Waals surface area contributed by atoms with E-state index in [1.54, 1.807) is 6.08 Å². The molecule has 11 heteroatoms. The van der Waals surface area contributed by atoms with Gasteiger partial charge in [0, 0.05) is 19.5 Å². The van der Waals surface area contributed by atoms with E-state index in [0.717, 1.165) is 0 Å². The minimum atomic E-state index is -3.81. The van der Waals surface area contributed by atoms with E-state index in [-0.39, 0.29) is 19.5 Å². The van der Waals surface area contributed by atoms with Crippen LogP contribution in [-0.4, -0.2) is 29.4 Å². The Morgan fingerprint density at radius 3 is 0.944 bits per heavy atom. The molecule has 0 saturated heterocycles. The first-order chi connectivity index (χ1) is 7.33. The molecule has 0 unspecified atom stereocenters. The van der Waals surface area contributed by atoms with Crippen molar-refractivity contribution in [3.8, 4) is 0 Å². The van der Waals surface area contributed by atoms with Crippen LogP contribution in [0, 0.1) is 0 Å². The van der Waals surface area contributed by atoms with Gasteiger partial charge in [-0.15, -0.1) is 6.58 Å². The Hall–Kier alpha value is 1.42. The van der Waals surface area contributed by atoms with Crippen LogP contribution in [0.5, 0.6) is 0 Å². The average Bonchev–Trinajstić information content (AvgIpc) is 1.99. The van der Waals surface area contributed by atoms with Crippen molar-refractivity contribution >= 4 is 37.1 Å². The molecule has 0 bridgehead atoms. The van der Waals surface area contributed by atoms with Gasteiger partial charge in [-0.3, -0.25) is 0 Å². The molecule has 0 aliphatic rings. The van der Waals surface area contributed by atoms with Crippen molar-refractivity contribution in [3.63, 3.8) is 0 Å². The van der Waals surface area contributed by atoms with Crippen LogP contribution >= 0.6 is 13.4 Å². The van der Waals surface area contributed by atoms with Gasteiger partial charge in [0.05, 0.1) is 0 Å². The van der Waals surface area contributed by atoms with Crippen LogP contribution < -0.4 is 0 Å². The van der Waals surface area contributed by atoms with E-state index in [4.69, 9.17) is 29.4 Å². The van der Waals surface area contributed by atoms with Gasteiger partial charge in [-0.2, -0.15) is 0 Å². The number of allylic oxidation sites excluding steroid dienone is 1. The van der Waals surface area contributed by atoms with E-state index in [1.807, 2.05) is 6.92 Å². The second-order valence-electron chi connectivity index (χ2n) is 2.43. The Balaban J connectivity index is -0.0000000417. The van der Waals surface area contributed by atoms with Gasteiger partial charge >= 0.3 is 13.4 Å². The van der Waals surface area contributed by atoms with Gasteiger partial charge in [-0.25, -0.2) is 0 Å². The maximum atomic E-state index is 7.56. The maximum Gasteiger partial charge on any atom is 0.319 e. The second-order valence-corrected chi connectivity index (χ2v) is 7.43. The Kier molecular flexibility index (Phi) is 36.5. The van der Waals surface area contributed by atoms with Gasteiger partial charge in [0.15, 0.2) is 0 Å². The fourth-order valence-corrected chi connectivity index (χ4v) is 0. The first-order valence-corrected chi connectivity index (χ1v) is 9.79. The van der Waals surface area contributed by atoms with Crippen LogP contribution in [0.1, 0.15) is 33.6 Å². The normalized spacial score (nSPS) is 8.94. The van der Waals surface area contributed by atoms with Crippen molar-refractivity contribution in [2.75, 3.05) is 0 Å². The first-order valence-electron chi connectivity index (χ1n) is 4.46. The fourth-order valence-electron chi connectivity index (χ4n) is 0. The summed E-state index contributed by atoms with van der Waals surface area (Å²) in [5.74, 6) is 0. The predicted octanol–water partition coefficient (Wildman–Crippen LogP) is 1.37.